The molecule has 0 saturated heterocycles. The first kappa shape index (κ1) is 21.6. The number of benzene rings is 2. The first-order valence-electron chi connectivity index (χ1n) is 9.91. The first-order valence-corrected chi connectivity index (χ1v) is 9.91. The van der Waals surface area contributed by atoms with Gasteiger partial charge in [-0.15, -0.1) is 0 Å². The summed E-state index contributed by atoms with van der Waals surface area (Å²) >= 11 is 0. The van der Waals surface area contributed by atoms with Crippen molar-refractivity contribution in [3.63, 3.8) is 0 Å². The predicted octanol–water partition coefficient (Wildman–Crippen LogP) is 3.91. The molecule has 0 unspecified atom stereocenters. The number of hydrogen-bond donors (Lipinski definition) is 1. The molecule has 2 aromatic rings. The predicted molar refractivity (Wildman–Crippen MR) is 114 cm³/mol. The van der Waals surface area contributed by atoms with Gasteiger partial charge in [-0.05, 0) is 49.6 Å². The van der Waals surface area contributed by atoms with Crippen molar-refractivity contribution in [1.29, 1.82) is 0 Å². The number of rotatable bonds is 10. The number of nitrogens with one attached hydrogen (secondary N) is 1. The maximum atomic E-state index is 12.5. The first-order chi connectivity index (χ1) is 14.4. The van der Waals surface area contributed by atoms with Gasteiger partial charge in [-0.3, -0.25) is 19.8 Å². The average Bonchev–Trinajstić information content (AvgIpc) is 3.57. The van der Waals surface area contributed by atoms with Crippen molar-refractivity contribution in [3.05, 3.63) is 57.6 Å². The van der Waals surface area contributed by atoms with Crippen LogP contribution in [0.4, 0.5) is 11.4 Å². The lowest BCUT2D eigenvalue weighted by atomic mass is 10.1. The van der Waals surface area contributed by atoms with Crippen LogP contribution in [0.1, 0.15) is 30.4 Å². The molecule has 1 amide bonds. The minimum atomic E-state index is -0.445. The highest BCUT2D eigenvalue weighted by Crippen LogP contribution is 2.32. The summed E-state index contributed by atoms with van der Waals surface area (Å²) in [6.07, 6.45) is 2.57. The van der Waals surface area contributed by atoms with Crippen molar-refractivity contribution in [1.82, 2.24) is 4.90 Å². The lowest BCUT2D eigenvalue weighted by Crippen LogP contribution is -2.29. The van der Waals surface area contributed by atoms with E-state index in [-0.39, 0.29) is 11.6 Å². The molecule has 160 valence electrons. The number of ether oxygens (including phenoxy) is 2. The molecule has 0 aliphatic heterocycles. The number of nitro benzene ring substituents is 1. The Labute approximate surface area is 175 Å². The lowest BCUT2D eigenvalue weighted by molar-refractivity contribution is -0.384. The van der Waals surface area contributed by atoms with Gasteiger partial charge in [-0.25, -0.2) is 0 Å². The molecule has 0 heterocycles. The molecule has 30 heavy (non-hydrogen) atoms. The monoisotopic (exact) mass is 413 g/mol. The summed E-state index contributed by atoms with van der Waals surface area (Å²) in [5.74, 6) is 1.45. The molecular formula is C22H27N3O5. The summed E-state index contributed by atoms with van der Waals surface area (Å²) in [7, 11) is 3.28. The molecule has 0 bridgehead atoms. The number of non-ortho nitro benzene ring substituents is 1. The Morgan fingerprint density at radius 3 is 2.57 bits per heavy atom. The van der Waals surface area contributed by atoms with Crippen molar-refractivity contribution in [2.75, 3.05) is 26.1 Å². The summed E-state index contributed by atoms with van der Waals surface area (Å²) in [4.78, 5) is 25.2. The fourth-order valence-corrected chi connectivity index (χ4v) is 3.41. The molecular weight excluding hydrogens is 386 g/mol. The Morgan fingerprint density at radius 2 is 1.97 bits per heavy atom. The van der Waals surface area contributed by atoms with Crippen molar-refractivity contribution >= 4 is 17.3 Å². The molecule has 1 aliphatic rings. The number of anilines is 1. The molecule has 0 radical (unpaired) electrons. The van der Waals surface area contributed by atoms with Crippen molar-refractivity contribution in [2.24, 2.45) is 0 Å². The van der Waals surface area contributed by atoms with Gasteiger partial charge in [0.25, 0.3) is 5.69 Å². The zero-order valence-corrected chi connectivity index (χ0v) is 17.5. The Morgan fingerprint density at radius 1 is 1.20 bits per heavy atom. The van der Waals surface area contributed by atoms with Crippen LogP contribution < -0.4 is 14.8 Å². The fourth-order valence-electron chi connectivity index (χ4n) is 3.41. The maximum absolute atomic E-state index is 12.5. The lowest BCUT2D eigenvalue weighted by Gasteiger charge is -2.23. The van der Waals surface area contributed by atoms with Crippen LogP contribution in [-0.4, -0.2) is 42.5 Å². The smallest absolute Gasteiger partial charge is 0.269 e. The molecule has 1 aliphatic carbocycles. The number of amides is 1. The summed E-state index contributed by atoms with van der Waals surface area (Å²) in [5.41, 5.74) is 2.30. The molecule has 8 heteroatoms. The second-order valence-electron chi connectivity index (χ2n) is 7.43. The topological polar surface area (TPSA) is 93.9 Å². The van der Waals surface area contributed by atoms with E-state index in [1.807, 2.05) is 18.2 Å². The Balaban J connectivity index is 1.62. The summed E-state index contributed by atoms with van der Waals surface area (Å²) in [6, 6.07) is 10.6. The van der Waals surface area contributed by atoms with Crippen LogP contribution >= 0.6 is 0 Å². The minimum absolute atomic E-state index is 0.0117. The van der Waals surface area contributed by atoms with E-state index in [1.54, 1.807) is 27.2 Å². The van der Waals surface area contributed by atoms with E-state index >= 15 is 0 Å². The standard InChI is InChI=1S/C22H27N3O5/c1-15-12-18(25(27)28)6-8-20(15)23-22(26)10-11-24(17-4-5-17)14-16-13-19(29-2)7-9-21(16)30-3/h6-9,12-13,17H,4-5,10-11,14H2,1-3H3,(H,23,26). The number of hydrogen-bond acceptors (Lipinski definition) is 6. The highest BCUT2D eigenvalue weighted by atomic mass is 16.6. The van der Waals surface area contributed by atoms with E-state index in [0.29, 0.717) is 36.8 Å². The van der Waals surface area contributed by atoms with Crippen LogP contribution in [0, 0.1) is 17.0 Å². The summed E-state index contributed by atoms with van der Waals surface area (Å²) < 4.78 is 10.8. The molecule has 3 rings (SSSR count). The molecule has 0 spiro atoms. The number of methoxy groups -OCH3 is 2. The summed E-state index contributed by atoms with van der Waals surface area (Å²) in [6.45, 7) is 3.03. The third-order valence-corrected chi connectivity index (χ3v) is 5.25. The molecule has 1 N–H and O–H groups in total. The second-order valence-corrected chi connectivity index (χ2v) is 7.43. The van der Waals surface area contributed by atoms with Crippen LogP contribution in [0.5, 0.6) is 11.5 Å². The van der Waals surface area contributed by atoms with Gasteiger partial charge in [-0.2, -0.15) is 0 Å². The van der Waals surface area contributed by atoms with E-state index in [1.165, 1.54) is 12.1 Å². The number of carbonyl (C=O) groups excluding carboxylic acids is 1. The van der Waals surface area contributed by atoms with Crippen LogP contribution in [0.15, 0.2) is 36.4 Å². The van der Waals surface area contributed by atoms with Gasteiger partial charge in [0.15, 0.2) is 0 Å². The Bertz CT molecular complexity index is 927. The van der Waals surface area contributed by atoms with Crippen molar-refractivity contribution < 1.29 is 19.2 Å². The van der Waals surface area contributed by atoms with Crippen molar-refractivity contribution in [2.45, 2.75) is 38.8 Å². The largest absolute Gasteiger partial charge is 0.497 e. The summed E-state index contributed by atoms with van der Waals surface area (Å²) in [5, 5.41) is 13.7. The van der Waals surface area contributed by atoms with Gasteiger partial charge in [-0.1, -0.05) is 0 Å². The second kappa shape index (κ2) is 9.58. The van der Waals surface area contributed by atoms with Gasteiger partial charge in [0.05, 0.1) is 19.1 Å². The molecule has 0 atom stereocenters. The van der Waals surface area contributed by atoms with Crippen LogP contribution in [-0.2, 0) is 11.3 Å². The Kier molecular flexibility index (Phi) is 6.89. The molecule has 0 aromatic heterocycles. The number of aryl methyl sites for hydroxylation is 1. The fraction of sp³-hybridized carbons (Fsp3) is 0.409. The van der Waals surface area contributed by atoms with E-state index in [9.17, 15) is 14.9 Å². The third kappa shape index (κ3) is 5.48. The van der Waals surface area contributed by atoms with Gasteiger partial charge >= 0.3 is 0 Å². The highest BCUT2D eigenvalue weighted by molar-refractivity contribution is 5.91. The van der Waals surface area contributed by atoms with Crippen LogP contribution in [0.2, 0.25) is 0 Å². The molecule has 1 fully saturated rings. The van der Waals surface area contributed by atoms with Crippen molar-refractivity contribution in [3.8, 4) is 11.5 Å². The molecule has 8 nitrogen and oxygen atoms in total. The van der Waals surface area contributed by atoms with Gasteiger partial charge in [0.1, 0.15) is 11.5 Å². The van der Waals surface area contributed by atoms with Crippen LogP contribution in [0.3, 0.4) is 0 Å². The zero-order chi connectivity index (χ0) is 21.7. The van der Waals surface area contributed by atoms with E-state index in [0.717, 1.165) is 29.9 Å². The zero-order valence-electron chi connectivity index (χ0n) is 17.5. The normalized spacial score (nSPS) is 13.2. The van der Waals surface area contributed by atoms with E-state index < -0.39 is 4.92 Å². The average molecular weight is 413 g/mol. The molecule has 2 aromatic carbocycles. The highest BCUT2D eigenvalue weighted by Gasteiger charge is 2.30. The number of nitro groups is 1. The number of nitrogens with zero attached hydrogens (tertiary/aromatic N) is 2. The van der Waals surface area contributed by atoms with E-state index in [2.05, 4.69) is 10.2 Å². The quantitative estimate of drug-likeness (QED) is 0.469. The number of carbonyl (C=O) groups is 1. The van der Waals surface area contributed by atoms with E-state index in [4.69, 9.17) is 9.47 Å². The van der Waals surface area contributed by atoms with Gasteiger partial charge < -0.3 is 14.8 Å². The maximum Gasteiger partial charge on any atom is 0.269 e. The Hall–Kier alpha value is -3.13. The van der Waals surface area contributed by atoms with Gasteiger partial charge in [0.2, 0.25) is 5.91 Å². The SMILES string of the molecule is COc1ccc(OC)c(CN(CCC(=O)Nc2ccc([N+](=O)[O-])cc2C)C2CC2)c1. The van der Waals surface area contributed by atoms with Gasteiger partial charge in [0, 0.05) is 48.9 Å². The molecule has 1 saturated carbocycles. The minimum Gasteiger partial charge on any atom is -0.497 e. The third-order valence-electron chi connectivity index (χ3n) is 5.25. The van der Waals surface area contributed by atoms with Crippen LogP contribution in [0.25, 0.3) is 0 Å².